The van der Waals surface area contributed by atoms with E-state index in [9.17, 15) is 19.5 Å². The summed E-state index contributed by atoms with van der Waals surface area (Å²) in [5.41, 5.74) is -1.30. The lowest BCUT2D eigenvalue weighted by molar-refractivity contribution is -0.144. The average molecular weight is 285 g/mol. The van der Waals surface area contributed by atoms with E-state index in [1.54, 1.807) is 0 Å². The number of carbonyl (C=O) groups excluding carboxylic acids is 2. The van der Waals surface area contributed by atoms with Crippen LogP contribution in [0.1, 0.15) is 39.5 Å². The smallest absolute Gasteiger partial charge is 0.329 e. The van der Waals surface area contributed by atoms with Gasteiger partial charge in [0.25, 0.3) is 0 Å². The second-order valence-corrected chi connectivity index (χ2v) is 5.28. The number of nitrogens with zero attached hydrogens (tertiary/aromatic N) is 1. The van der Waals surface area contributed by atoms with Crippen LogP contribution >= 0.6 is 0 Å². The third-order valence-corrected chi connectivity index (χ3v) is 3.67. The summed E-state index contributed by atoms with van der Waals surface area (Å²) in [5, 5.41) is 14.3. The fourth-order valence-corrected chi connectivity index (χ4v) is 2.48. The van der Waals surface area contributed by atoms with Gasteiger partial charge in [-0.3, -0.25) is 4.79 Å². The molecule has 20 heavy (non-hydrogen) atoms. The van der Waals surface area contributed by atoms with Crippen molar-refractivity contribution in [3.8, 4) is 0 Å². The molecule has 2 unspecified atom stereocenters. The van der Waals surface area contributed by atoms with Gasteiger partial charge in [-0.05, 0) is 26.2 Å². The first-order chi connectivity index (χ1) is 9.35. The summed E-state index contributed by atoms with van der Waals surface area (Å²) < 4.78 is 0. The first-order valence-electron chi connectivity index (χ1n) is 6.89. The lowest BCUT2D eigenvalue weighted by atomic mass is 9.96. The Kier molecular flexibility index (Phi) is 5.35. The lowest BCUT2D eigenvalue weighted by Crippen LogP contribution is -2.58. The van der Waals surface area contributed by atoms with Gasteiger partial charge in [-0.1, -0.05) is 13.3 Å². The Balaban J connectivity index is 2.78. The van der Waals surface area contributed by atoms with Crippen LogP contribution in [-0.4, -0.2) is 53.1 Å². The van der Waals surface area contributed by atoms with Crippen LogP contribution in [0.2, 0.25) is 0 Å². The fourth-order valence-electron chi connectivity index (χ4n) is 2.48. The number of carbonyl (C=O) groups is 3. The molecule has 0 spiro atoms. The first kappa shape index (κ1) is 16.3. The molecule has 3 N–H and O–H groups in total. The van der Waals surface area contributed by atoms with E-state index in [1.807, 2.05) is 6.92 Å². The molecule has 114 valence electrons. The molecule has 2 atom stereocenters. The molecular weight excluding hydrogens is 262 g/mol. The molecule has 0 aliphatic carbocycles. The minimum Gasteiger partial charge on any atom is -0.480 e. The highest BCUT2D eigenvalue weighted by Gasteiger charge is 2.39. The summed E-state index contributed by atoms with van der Waals surface area (Å²) in [5.74, 6) is -1.28. The van der Waals surface area contributed by atoms with Gasteiger partial charge in [-0.25, -0.2) is 9.59 Å². The predicted molar refractivity (Wildman–Crippen MR) is 73.3 cm³/mol. The highest BCUT2D eigenvalue weighted by atomic mass is 16.4. The van der Waals surface area contributed by atoms with Crippen molar-refractivity contribution < 1.29 is 19.5 Å². The fraction of sp³-hybridized carbons (Fsp3) is 0.769. The van der Waals surface area contributed by atoms with E-state index in [4.69, 9.17) is 0 Å². The van der Waals surface area contributed by atoms with Crippen molar-refractivity contribution in [2.45, 2.75) is 51.1 Å². The maximum absolute atomic E-state index is 12.2. The number of likely N-dealkylation sites (tertiary alicyclic amines) is 1. The second-order valence-electron chi connectivity index (χ2n) is 5.28. The molecule has 0 bridgehead atoms. The van der Waals surface area contributed by atoms with E-state index in [-0.39, 0.29) is 5.91 Å². The van der Waals surface area contributed by atoms with Crippen LogP contribution in [0.5, 0.6) is 0 Å². The molecule has 1 heterocycles. The normalized spacial score (nSPS) is 21.1. The van der Waals surface area contributed by atoms with Crippen LogP contribution in [-0.2, 0) is 9.59 Å². The monoisotopic (exact) mass is 285 g/mol. The second kappa shape index (κ2) is 6.58. The van der Waals surface area contributed by atoms with Crippen molar-refractivity contribution in [2.24, 2.45) is 0 Å². The van der Waals surface area contributed by atoms with E-state index < -0.39 is 23.6 Å². The summed E-state index contributed by atoms with van der Waals surface area (Å²) in [6.45, 7) is 3.81. The first-order valence-corrected chi connectivity index (χ1v) is 6.89. The number of nitrogens with one attached hydrogen (secondary N) is 2. The molecule has 7 nitrogen and oxygen atoms in total. The third kappa shape index (κ3) is 3.40. The van der Waals surface area contributed by atoms with E-state index in [1.165, 1.54) is 18.9 Å². The Morgan fingerprint density at radius 1 is 1.40 bits per heavy atom. The molecule has 1 fully saturated rings. The van der Waals surface area contributed by atoms with E-state index in [0.29, 0.717) is 25.8 Å². The molecule has 1 aliphatic rings. The standard InChI is InChI=1S/C13H23N3O4/c1-4-7-13(2,11(18)19)15-12(20)16-8-5-6-9(16)10(17)14-3/h9H,4-8H2,1-3H3,(H,14,17)(H,15,20)(H,18,19). The number of carboxylic acid groups (broad SMARTS) is 1. The summed E-state index contributed by atoms with van der Waals surface area (Å²) in [4.78, 5) is 36.7. The van der Waals surface area contributed by atoms with Gasteiger partial charge in [0, 0.05) is 13.6 Å². The van der Waals surface area contributed by atoms with Crippen molar-refractivity contribution in [3.63, 3.8) is 0 Å². The zero-order valence-corrected chi connectivity index (χ0v) is 12.2. The molecule has 7 heteroatoms. The SMILES string of the molecule is CCCC(C)(NC(=O)N1CCCC1C(=O)NC)C(=O)O. The Morgan fingerprint density at radius 2 is 2.05 bits per heavy atom. The van der Waals surface area contributed by atoms with E-state index in [0.717, 1.165) is 6.42 Å². The number of carboxylic acids is 1. The van der Waals surface area contributed by atoms with Gasteiger partial charge in [-0.15, -0.1) is 0 Å². The van der Waals surface area contributed by atoms with Crippen LogP contribution in [0.15, 0.2) is 0 Å². The van der Waals surface area contributed by atoms with Crippen LogP contribution in [0.25, 0.3) is 0 Å². The number of urea groups is 1. The number of likely N-dealkylation sites (N-methyl/N-ethyl adjacent to an activating group) is 1. The Labute approximate surface area is 118 Å². The number of hydrogen-bond donors (Lipinski definition) is 3. The van der Waals surface area contributed by atoms with Crippen LogP contribution < -0.4 is 10.6 Å². The Hall–Kier alpha value is -1.79. The van der Waals surface area contributed by atoms with Crippen LogP contribution in [0.4, 0.5) is 4.79 Å². The van der Waals surface area contributed by atoms with Crippen LogP contribution in [0, 0.1) is 0 Å². The predicted octanol–water partition coefficient (Wildman–Crippen LogP) is 0.550. The summed E-state index contributed by atoms with van der Waals surface area (Å²) in [6, 6.07) is -1.01. The molecule has 3 amide bonds. The van der Waals surface area contributed by atoms with Crippen LogP contribution in [0.3, 0.4) is 0 Å². The molecule has 1 saturated heterocycles. The lowest BCUT2D eigenvalue weighted by Gasteiger charge is -2.31. The van der Waals surface area contributed by atoms with Gasteiger partial charge in [0.15, 0.2) is 0 Å². The molecular formula is C13H23N3O4. The van der Waals surface area contributed by atoms with Crippen molar-refractivity contribution >= 4 is 17.9 Å². The van der Waals surface area contributed by atoms with Crippen molar-refractivity contribution in [3.05, 3.63) is 0 Å². The quantitative estimate of drug-likeness (QED) is 0.687. The molecule has 0 saturated carbocycles. The molecule has 1 aliphatic heterocycles. The number of hydrogen-bond acceptors (Lipinski definition) is 3. The van der Waals surface area contributed by atoms with Gasteiger partial charge in [0.05, 0.1) is 0 Å². The number of rotatable bonds is 5. The Morgan fingerprint density at radius 3 is 2.55 bits per heavy atom. The highest BCUT2D eigenvalue weighted by molar-refractivity contribution is 5.90. The molecule has 0 aromatic rings. The van der Waals surface area contributed by atoms with Gasteiger partial charge in [0.1, 0.15) is 11.6 Å². The average Bonchev–Trinajstić information content (AvgIpc) is 2.87. The van der Waals surface area contributed by atoms with Gasteiger partial charge >= 0.3 is 12.0 Å². The van der Waals surface area contributed by atoms with Crippen molar-refractivity contribution in [1.29, 1.82) is 0 Å². The molecule has 0 aromatic carbocycles. The summed E-state index contributed by atoms with van der Waals surface area (Å²) >= 11 is 0. The van der Waals surface area contributed by atoms with E-state index >= 15 is 0 Å². The Bertz CT molecular complexity index is 399. The van der Waals surface area contributed by atoms with Gasteiger partial charge in [-0.2, -0.15) is 0 Å². The molecule has 1 rings (SSSR count). The zero-order valence-electron chi connectivity index (χ0n) is 12.2. The maximum atomic E-state index is 12.2. The third-order valence-electron chi connectivity index (χ3n) is 3.67. The topological polar surface area (TPSA) is 98.7 Å². The molecule has 0 aromatic heterocycles. The number of aliphatic carboxylic acids is 1. The summed E-state index contributed by atoms with van der Waals surface area (Å²) in [7, 11) is 1.52. The largest absolute Gasteiger partial charge is 0.480 e. The van der Waals surface area contributed by atoms with E-state index in [2.05, 4.69) is 10.6 Å². The maximum Gasteiger partial charge on any atom is 0.329 e. The minimum atomic E-state index is -1.30. The van der Waals surface area contributed by atoms with Gasteiger partial charge < -0.3 is 20.6 Å². The van der Waals surface area contributed by atoms with Crippen molar-refractivity contribution in [2.75, 3.05) is 13.6 Å². The summed E-state index contributed by atoms with van der Waals surface area (Å²) in [6.07, 6.45) is 2.32. The minimum absolute atomic E-state index is 0.217. The van der Waals surface area contributed by atoms with Gasteiger partial charge in [0.2, 0.25) is 5.91 Å². The molecule has 0 radical (unpaired) electrons. The highest BCUT2D eigenvalue weighted by Crippen LogP contribution is 2.20. The number of amides is 3. The van der Waals surface area contributed by atoms with Crippen molar-refractivity contribution in [1.82, 2.24) is 15.5 Å². The zero-order chi connectivity index (χ0) is 15.3.